The number of para-hydroxylation sites is 1. The first kappa shape index (κ1) is 8.37. The summed E-state index contributed by atoms with van der Waals surface area (Å²) < 4.78 is 9.64. The molecule has 11 heavy (non-hydrogen) atoms. The third kappa shape index (κ3) is 2.78. The molecule has 0 bridgehead atoms. The van der Waals surface area contributed by atoms with Gasteiger partial charge in [-0.25, -0.2) is 0 Å². The van der Waals surface area contributed by atoms with E-state index in [9.17, 15) is 0 Å². The lowest BCUT2D eigenvalue weighted by atomic mass is 10.3. The Hall–Kier alpha value is -0.730. The molecule has 0 amide bonds. The third-order valence-electron chi connectivity index (χ3n) is 1.10. The Labute approximate surface area is 70.7 Å². The predicted molar refractivity (Wildman–Crippen MR) is 43.2 cm³/mol. The van der Waals surface area contributed by atoms with E-state index in [1.807, 2.05) is 18.2 Å². The van der Waals surface area contributed by atoms with Crippen molar-refractivity contribution in [1.29, 1.82) is 0 Å². The molecule has 0 aliphatic rings. The van der Waals surface area contributed by atoms with Crippen LogP contribution in [-0.2, 0) is 4.74 Å². The average molecular weight is 172 g/mol. The fraction of sp³-hybridized carbons (Fsp3) is 0.125. The lowest BCUT2D eigenvalue weighted by Gasteiger charge is -2.06. The number of rotatable bonds is 3. The van der Waals surface area contributed by atoms with Gasteiger partial charge in [-0.15, -0.1) is 0 Å². The van der Waals surface area contributed by atoms with E-state index in [0.29, 0.717) is 5.75 Å². The van der Waals surface area contributed by atoms with Gasteiger partial charge < -0.3 is 9.47 Å². The normalized spacial score (nSPS) is 10.1. The highest BCUT2D eigenvalue weighted by molar-refractivity contribution is 6.24. The van der Waals surface area contributed by atoms with Crippen LogP contribution in [0.25, 0.3) is 0 Å². The lowest BCUT2D eigenvalue weighted by molar-refractivity contribution is 0.108. The highest BCUT2D eigenvalue weighted by Crippen LogP contribution is 2.16. The molecule has 59 valence electrons. The molecule has 0 N–H and O–H groups in total. The zero-order chi connectivity index (χ0) is 8.10. The maximum atomic E-state index is 5.47. The van der Waals surface area contributed by atoms with Crippen LogP contribution >= 0.6 is 11.6 Å². The summed E-state index contributed by atoms with van der Waals surface area (Å²) in [6, 6.07) is 9.20. The van der Waals surface area contributed by atoms with Gasteiger partial charge in [0, 0.05) is 7.11 Å². The van der Waals surface area contributed by atoms with Crippen molar-refractivity contribution in [2.24, 2.45) is 0 Å². The van der Waals surface area contributed by atoms with Gasteiger partial charge in [0.2, 0.25) is 0 Å². The molecule has 0 heterocycles. The molecule has 0 aliphatic carbocycles. The quantitative estimate of drug-likeness (QED) is 0.696. The maximum Gasteiger partial charge on any atom is 0.375 e. The molecule has 0 aromatic heterocycles. The smallest absolute Gasteiger partial charge is 0.375 e. The highest BCUT2D eigenvalue weighted by Gasteiger charge is 2.04. The van der Waals surface area contributed by atoms with Crippen LogP contribution in [0.1, 0.15) is 0 Å². The minimum Gasteiger partial charge on any atom is -0.442 e. The van der Waals surface area contributed by atoms with Gasteiger partial charge in [-0.1, -0.05) is 18.2 Å². The van der Waals surface area contributed by atoms with E-state index >= 15 is 0 Å². The van der Waals surface area contributed by atoms with Gasteiger partial charge in [-0.05, 0) is 23.7 Å². The lowest BCUT2D eigenvalue weighted by Crippen LogP contribution is -2.00. The molecule has 3 heteroatoms. The van der Waals surface area contributed by atoms with Crippen molar-refractivity contribution in [3.8, 4) is 5.75 Å². The van der Waals surface area contributed by atoms with E-state index in [-0.39, 0.29) is 5.75 Å². The predicted octanol–water partition coefficient (Wildman–Crippen LogP) is 2.40. The Balaban J connectivity index is 2.51. The number of benzene rings is 1. The van der Waals surface area contributed by atoms with Gasteiger partial charge in [0.15, 0.2) is 0 Å². The summed E-state index contributed by atoms with van der Waals surface area (Å²) in [5.74, 6) is 0.690. The van der Waals surface area contributed by atoms with Crippen molar-refractivity contribution in [3.05, 3.63) is 36.1 Å². The van der Waals surface area contributed by atoms with Crippen molar-refractivity contribution in [1.82, 2.24) is 0 Å². The Bertz CT molecular complexity index is 201. The second-order valence-electron chi connectivity index (χ2n) is 1.86. The summed E-state index contributed by atoms with van der Waals surface area (Å²) in [4.78, 5) is 0. The summed E-state index contributed by atoms with van der Waals surface area (Å²) in [5, 5.41) is 0. The fourth-order valence-electron chi connectivity index (χ4n) is 0.623. The summed E-state index contributed by atoms with van der Waals surface area (Å²) in [7, 11) is 1.45. The Morgan fingerprint density at radius 2 is 1.91 bits per heavy atom. The standard InChI is InChI=1S/C8H8ClO2/c1-10-8(9)11-7-5-3-2-4-6-7/h2-6H,1H3. The third-order valence-corrected chi connectivity index (χ3v) is 1.33. The zero-order valence-electron chi connectivity index (χ0n) is 6.08. The minimum atomic E-state index is 0.0243. The van der Waals surface area contributed by atoms with E-state index in [0.717, 1.165) is 0 Å². The molecule has 0 saturated carbocycles. The van der Waals surface area contributed by atoms with Crippen LogP contribution in [0, 0.1) is 5.75 Å². The monoisotopic (exact) mass is 171 g/mol. The molecule has 0 spiro atoms. The average Bonchev–Trinajstić information content (AvgIpc) is 2.06. The molecule has 2 nitrogen and oxygen atoms in total. The zero-order valence-corrected chi connectivity index (χ0v) is 6.84. The van der Waals surface area contributed by atoms with Crippen molar-refractivity contribution in [2.45, 2.75) is 0 Å². The highest BCUT2D eigenvalue weighted by atomic mass is 35.5. The van der Waals surface area contributed by atoms with Crippen LogP contribution in [0.2, 0.25) is 0 Å². The Morgan fingerprint density at radius 1 is 1.27 bits per heavy atom. The molecule has 0 fully saturated rings. The molecule has 0 aliphatic heterocycles. The van der Waals surface area contributed by atoms with Gasteiger partial charge in [-0.3, -0.25) is 0 Å². The number of ether oxygens (including phenoxy) is 2. The van der Waals surface area contributed by atoms with Crippen LogP contribution in [0.4, 0.5) is 0 Å². The van der Waals surface area contributed by atoms with Crippen LogP contribution in [-0.4, -0.2) is 7.11 Å². The van der Waals surface area contributed by atoms with Crippen LogP contribution in [0.3, 0.4) is 0 Å². The first-order valence-electron chi connectivity index (χ1n) is 3.12. The molecular weight excluding hydrogens is 164 g/mol. The minimum absolute atomic E-state index is 0.0243. The fourth-order valence-corrected chi connectivity index (χ4v) is 0.712. The van der Waals surface area contributed by atoms with E-state index in [2.05, 4.69) is 4.74 Å². The summed E-state index contributed by atoms with van der Waals surface area (Å²) in [5.41, 5.74) is 0. The van der Waals surface area contributed by atoms with Crippen molar-refractivity contribution in [2.75, 3.05) is 7.11 Å². The van der Waals surface area contributed by atoms with Crippen molar-refractivity contribution < 1.29 is 9.47 Å². The van der Waals surface area contributed by atoms with Gasteiger partial charge >= 0.3 is 5.75 Å². The summed E-state index contributed by atoms with van der Waals surface area (Å²) >= 11 is 5.47. The van der Waals surface area contributed by atoms with Gasteiger partial charge in [0.05, 0.1) is 0 Å². The van der Waals surface area contributed by atoms with Gasteiger partial charge in [0.25, 0.3) is 0 Å². The van der Waals surface area contributed by atoms with E-state index in [4.69, 9.17) is 16.3 Å². The molecule has 1 aromatic rings. The number of halogens is 1. The largest absolute Gasteiger partial charge is 0.442 e. The maximum absolute atomic E-state index is 5.47. The Morgan fingerprint density at radius 3 is 2.45 bits per heavy atom. The molecule has 1 radical (unpaired) electrons. The molecule has 1 aromatic carbocycles. The summed E-state index contributed by atoms with van der Waals surface area (Å²) in [6.45, 7) is 0. The molecular formula is C8H8ClO2. The molecule has 0 atom stereocenters. The van der Waals surface area contributed by atoms with Gasteiger partial charge in [-0.2, -0.15) is 0 Å². The number of hydrogen-bond donors (Lipinski definition) is 0. The van der Waals surface area contributed by atoms with Crippen LogP contribution in [0.5, 0.6) is 5.75 Å². The first-order valence-corrected chi connectivity index (χ1v) is 3.50. The van der Waals surface area contributed by atoms with E-state index in [1.54, 1.807) is 12.1 Å². The van der Waals surface area contributed by atoms with Crippen molar-refractivity contribution in [3.63, 3.8) is 0 Å². The van der Waals surface area contributed by atoms with Crippen LogP contribution in [0.15, 0.2) is 30.3 Å². The SMILES string of the molecule is CO[C](Cl)Oc1ccccc1. The van der Waals surface area contributed by atoms with E-state index in [1.165, 1.54) is 7.11 Å². The number of hydrogen-bond acceptors (Lipinski definition) is 2. The topological polar surface area (TPSA) is 18.5 Å². The Kier molecular flexibility index (Phi) is 3.20. The molecule has 0 saturated heterocycles. The van der Waals surface area contributed by atoms with E-state index < -0.39 is 0 Å². The second kappa shape index (κ2) is 4.21. The first-order chi connectivity index (χ1) is 5.33. The van der Waals surface area contributed by atoms with Gasteiger partial charge in [0.1, 0.15) is 5.75 Å². The van der Waals surface area contributed by atoms with Crippen LogP contribution < -0.4 is 4.74 Å². The molecule has 1 rings (SSSR count). The second-order valence-corrected chi connectivity index (χ2v) is 2.17. The van der Waals surface area contributed by atoms with Crippen molar-refractivity contribution >= 4 is 11.6 Å². The summed E-state index contributed by atoms with van der Waals surface area (Å²) in [6.07, 6.45) is 0. The molecule has 0 unspecified atom stereocenters. The number of methoxy groups -OCH3 is 1.